The zero-order valence-electron chi connectivity index (χ0n) is 26.2. The van der Waals surface area contributed by atoms with Crippen LogP contribution in [0.2, 0.25) is 0 Å². The van der Waals surface area contributed by atoms with Gasteiger partial charge in [-0.3, -0.25) is 9.36 Å². The molecule has 0 spiro atoms. The van der Waals surface area contributed by atoms with E-state index < -0.39 is 35.2 Å². The van der Waals surface area contributed by atoms with E-state index in [0.717, 1.165) is 22.3 Å². The molecule has 9 heteroatoms. The van der Waals surface area contributed by atoms with Crippen LogP contribution in [-0.2, 0) is 32.1 Å². The molecule has 4 aromatic carbocycles. The van der Waals surface area contributed by atoms with Gasteiger partial charge < -0.3 is 28.8 Å². The quantitative estimate of drug-likeness (QED) is 0.204. The first-order valence-electron chi connectivity index (χ1n) is 15.6. The molecule has 5 aromatic rings. The van der Waals surface area contributed by atoms with Gasteiger partial charge >= 0.3 is 6.01 Å². The number of aliphatic hydroxyl groups excluding tert-OH is 1. The van der Waals surface area contributed by atoms with Gasteiger partial charge in [-0.2, -0.15) is 4.98 Å². The van der Waals surface area contributed by atoms with Crippen molar-refractivity contribution in [3.8, 4) is 11.8 Å². The fourth-order valence-corrected chi connectivity index (χ4v) is 6.54. The summed E-state index contributed by atoms with van der Waals surface area (Å²) < 4.78 is 33.4. The van der Waals surface area contributed by atoms with Crippen molar-refractivity contribution in [2.45, 2.75) is 43.2 Å². The first-order chi connectivity index (χ1) is 22.9. The molecule has 0 aliphatic carbocycles. The highest BCUT2D eigenvalue weighted by Gasteiger charge is 2.63. The number of methoxy groups -OCH3 is 1. The molecule has 3 heterocycles. The van der Waals surface area contributed by atoms with E-state index in [1.807, 2.05) is 115 Å². The number of nitrogens with zero attached hydrogens (tertiary/aromatic N) is 2. The van der Waals surface area contributed by atoms with Crippen molar-refractivity contribution in [3.05, 3.63) is 160 Å². The molecule has 0 radical (unpaired) electrons. The van der Waals surface area contributed by atoms with Crippen molar-refractivity contribution < 1.29 is 28.8 Å². The number of aliphatic hydroxyl groups is 1. The monoisotopic (exact) mass is 632 g/mol. The zero-order valence-corrected chi connectivity index (χ0v) is 26.2. The molecule has 9 nitrogen and oxygen atoms in total. The highest BCUT2D eigenvalue weighted by Crippen LogP contribution is 2.48. The van der Waals surface area contributed by atoms with Gasteiger partial charge in [-0.15, -0.1) is 0 Å². The topological polar surface area (TPSA) is 101 Å². The molecule has 2 aliphatic rings. The molecule has 47 heavy (non-hydrogen) atoms. The molecule has 0 unspecified atom stereocenters. The third kappa shape index (κ3) is 5.51. The minimum Gasteiger partial charge on any atom is -0.497 e. The molecule has 240 valence electrons. The Hall–Kier alpha value is -4.80. The minimum absolute atomic E-state index is 0.0615. The van der Waals surface area contributed by atoms with Crippen LogP contribution < -0.4 is 15.0 Å². The summed E-state index contributed by atoms with van der Waals surface area (Å²) in [7, 11) is 1.63. The van der Waals surface area contributed by atoms with Crippen molar-refractivity contribution in [1.29, 1.82) is 0 Å². The second-order valence-corrected chi connectivity index (χ2v) is 11.8. The number of rotatable bonds is 11. The summed E-state index contributed by atoms with van der Waals surface area (Å²) in [6.07, 6.45) is -1.12. The molecular weight excluding hydrogens is 596 g/mol. The maximum absolute atomic E-state index is 12.6. The highest BCUT2D eigenvalue weighted by molar-refractivity contribution is 5.48. The molecule has 1 aromatic heterocycles. The average Bonchev–Trinajstić information content (AvgIpc) is 3.56. The number of aryl methyl sites for hydroxylation is 1. The molecule has 0 saturated carbocycles. The molecule has 4 atom stereocenters. The van der Waals surface area contributed by atoms with Gasteiger partial charge in [0.25, 0.3) is 5.56 Å². The summed E-state index contributed by atoms with van der Waals surface area (Å²) in [5.74, 6) is 0.715. The van der Waals surface area contributed by atoms with E-state index in [9.17, 15) is 9.90 Å². The van der Waals surface area contributed by atoms with Crippen LogP contribution in [0.5, 0.6) is 11.8 Å². The molecular formula is C38H36N2O7. The van der Waals surface area contributed by atoms with Gasteiger partial charge in [0.1, 0.15) is 30.2 Å². The second-order valence-electron chi connectivity index (χ2n) is 11.8. The minimum atomic E-state index is -1.37. The van der Waals surface area contributed by atoms with Gasteiger partial charge in [-0.25, -0.2) is 0 Å². The summed E-state index contributed by atoms with van der Waals surface area (Å²) in [5, 5.41) is 11.7. The van der Waals surface area contributed by atoms with Crippen LogP contribution in [0, 0.1) is 6.92 Å². The fraction of sp³-hybridized carbons (Fsp3) is 0.263. The maximum Gasteiger partial charge on any atom is 0.302 e. The summed E-state index contributed by atoms with van der Waals surface area (Å²) in [5.41, 5.74) is 1.15. The lowest BCUT2D eigenvalue weighted by Gasteiger charge is -2.39. The van der Waals surface area contributed by atoms with E-state index in [0.29, 0.717) is 17.9 Å². The van der Waals surface area contributed by atoms with E-state index in [1.165, 1.54) is 0 Å². The summed E-state index contributed by atoms with van der Waals surface area (Å²) in [4.78, 5) is 16.8. The average molecular weight is 633 g/mol. The van der Waals surface area contributed by atoms with E-state index in [2.05, 4.69) is 4.98 Å². The molecule has 0 bridgehead atoms. The van der Waals surface area contributed by atoms with E-state index in [-0.39, 0.29) is 19.2 Å². The zero-order chi connectivity index (χ0) is 32.4. The van der Waals surface area contributed by atoms with Crippen LogP contribution in [0.25, 0.3) is 0 Å². The van der Waals surface area contributed by atoms with Crippen molar-refractivity contribution in [2.75, 3.05) is 20.3 Å². The van der Waals surface area contributed by atoms with Crippen molar-refractivity contribution in [1.82, 2.24) is 9.55 Å². The van der Waals surface area contributed by atoms with E-state index >= 15 is 0 Å². The third-order valence-corrected chi connectivity index (χ3v) is 8.94. The molecule has 7 rings (SSSR count). The first kappa shape index (κ1) is 30.8. The summed E-state index contributed by atoms with van der Waals surface area (Å²) in [6, 6.07) is 37.6. The lowest BCUT2D eigenvalue weighted by molar-refractivity contribution is -0.180. The van der Waals surface area contributed by atoms with Crippen LogP contribution >= 0.6 is 0 Å². The van der Waals surface area contributed by atoms with E-state index in [4.69, 9.17) is 23.7 Å². The van der Waals surface area contributed by atoms with Crippen LogP contribution in [0.4, 0.5) is 0 Å². The molecule has 2 aliphatic heterocycles. The normalized spacial score (nSPS) is 21.6. The highest BCUT2D eigenvalue weighted by atomic mass is 16.7. The summed E-state index contributed by atoms with van der Waals surface area (Å²) >= 11 is 0. The van der Waals surface area contributed by atoms with Gasteiger partial charge in [0.2, 0.25) is 5.72 Å². The van der Waals surface area contributed by atoms with Crippen molar-refractivity contribution in [3.63, 3.8) is 0 Å². The summed E-state index contributed by atoms with van der Waals surface area (Å²) in [6.45, 7) is 2.08. The Balaban J connectivity index is 1.31. The smallest absolute Gasteiger partial charge is 0.302 e. The number of hydrogen-bond donors (Lipinski definition) is 1. The second kappa shape index (κ2) is 12.8. The Morgan fingerprint density at radius 2 is 1.47 bits per heavy atom. The number of hydrogen-bond acceptors (Lipinski definition) is 8. The van der Waals surface area contributed by atoms with Gasteiger partial charge in [0.15, 0.2) is 6.10 Å². The Morgan fingerprint density at radius 3 is 2.09 bits per heavy atom. The van der Waals surface area contributed by atoms with E-state index in [1.54, 1.807) is 24.8 Å². The standard InChI is InChI=1S/C38H36N2O7/c1-26-22-40-36(39-35(26)42)46-34-33(41)32(24-44-23-27-12-6-3-7-13-27)47-37(34,40)25-45-38(28-14-8-4-9-15-28,29-16-10-5-11-17-29)30-18-20-31(43-2)21-19-30/h3-22,32-34,41H,23-25H2,1-2H3/t32-,33-,34+,37-/m1/s1. The fourth-order valence-electron chi connectivity index (χ4n) is 6.54. The van der Waals surface area contributed by atoms with Gasteiger partial charge in [0, 0.05) is 11.8 Å². The molecule has 1 fully saturated rings. The Morgan fingerprint density at radius 1 is 0.872 bits per heavy atom. The lowest BCUT2D eigenvalue weighted by Crippen LogP contribution is -2.49. The number of benzene rings is 4. The van der Waals surface area contributed by atoms with Crippen LogP contribution in [-0.4, -0.2) is 53.3 Å². The van der Waals surface area contributed by atoms with Gasteiger partial charge in [-0.1, -0.05) is 103 Å². The number of aromatic nitrogens is 2. The molecule has 1 saturated heterocycles. The lowest BCUT2D eigenvalue weighted by atomic mass is 9.80. The Bertz CT molecular complexity index is 1830. The van der Waals surface area contributed by atoms with Crippen molar-refractivity contribution >= 4 is 0 Å². The third-order valence-electron chi connectivity index (χ3n) is 8.94. The largest absolute Gasteiger partial charge is 0.497 e. The Kier molecular flexibility index (Phi) is 8.38. The predicted octanol–water partition coefficient (Wildman–Crippen LogP) is 4.96. The van der Waals surface area contributed by atoms with Gasteiger partial charge in [-0.05, 0) is 41.3 Å². The number of ether oxygens (including phenoxy) is 5. The van der Waals surface area contributed by atoms with Crippen molar-refractivity contribution in [2.24, 2.45) is 0 Å². The predicted molar refractivity (Wildman–Crippen MR) is 174 cm³/mol. The van der Waals surface area contributed by atoms with Crippen LogP contribution in [0.3, 0.4) is 0 Å². The van der Waals surface area contributed by atoms with Crippen LogP contribution in [0.1, 0.15) is 27.8 Å². The SMILES string of the molecule is COc1ccc(C(OC[C@@]23O[C@H](COCc4ccccc4)[C@@H](O)[C@@H]2Oc2nc(=O)c(C)cn23)(c2ccccc2)c2ccccc2)cc1. The van der Waals surface area contributed by atoms with Crippen LogP contribution in [0.15, 0.2) is 126 Å². The maximum atomic E-state index is 12.6. The number of fused-ring (bicyclic) bond motifs is 3. The van der Waals surface area contributed by atoms with Gasteiger partial charge in [0.05, 0.1) is 20.3 Å². The first-order valence-corrected chi connectivity index (χ1v) is 15.6. The Labute approximate surface area is 272 Å². The molecule has 1 N–H and O–H groups in total. The molecule has 0 amide bonds.